The van der Waals surface area contributed by atoms with Gasteiger partial charge in [0, 0.05) is 56.3 Å². The van der Waals surface area contributed by atoms with Crippen LogP contribution in [0.25, 0.3) is 0 Å². The van der Waals surface area contributed by atoms with Crippen LogP contribution in [0, 0.1) is 11.3 Å². The van der Waals surface area contributed by atoms with Crippen molar-refractivity contribution in [3.63, 3.8) is 0 Å². The van der Waals surface area contributed by atoms with Crippen molar-refractivity contribution in [1.82, 2.24) is 9.91 Å². The van der Waals surface area contributed by atoms with E-state index in [1.807, 2.05) is 56.4 Å². The third-order valence-corrected chi connectivity index (χ3v) is 4.12. The number of nitrogens with two attached hydrogens (primary N) is 1. The maximum atomic E-state index is 8.54. The Bertz CT molecular complexity index is 762. The van der Waals surface area contributed by atoms with Crippen molar-refractivity contribution < 1.29 is 0 Å². The van der Waals surface area contributed by atoms with Gasteiger partial charge in [0.15, 0.2) is 0 Å². The summed E-state index contributed by atoms with van der Waals surface area (Å²) in [6.45, 7) is 14.8. The molecule has 0 bridgehead atoms. The van der Waals surface area contributed by atoms with Gasteiger partial charge in [0.1, 0.15) is 5.84 Å². The lowest BCUT2D eigenvalue weighted by atomic mass is 10.2. The van der Waals surface area contributed by atoms with Crippen molar-refractivity contribution in [1.29, 1.82) is 5.41 Å². The van der Waals surface area contributed by atoms with Gasteiger partial charge in [0.05, 0.1) is 6.54 Å². The molecule has 0 aliphatic rings. The van der Waals surface area contributed by atoms with Crippen LogP contribution >= 0.6 is 0 Å². The Balaban J connectivity index is 2.91. The topological polar surface area (TPSA) is 84.0 Å². The minimum Gasteiger partial charge on any atom is -0.378 e. The third-order valence-electron chi connectivity index (χ3n) is 4.12. The van der Waals surface area contributed by atoms with Gasteiger partial charge >= 0.3 is 0 Å². The molecule has 0 heterocycles. The molecular formula is C22H35N7. The molecule has 0 fully saturated rings. The minimum atomic E-state index is 0.322. The summed E-state index contributed by atoms with van der Waals surface area (Å²) >= 11 is 0. The van der Waals surface area contributed by atoms with Gasteiger partial charge < -0.3 is 20.1 Å². The average molecular weight is 398 g/mol. The monoisotopic (exact) mass is 397 g/mol. The molecule has 1 aromatic carbocycles. The molecule has 1 aromatic rings. The van der Waals surface area contributed by atoms with E-state index >= 15 is 0 Å². The van der Waals surface area contributed by atoms with Crippen LogP contribution in [-0.4, -0.2) is 49.6 Å². The van der Waals surface area contributed by atoms with Crippen molar-refractivity contribution in [3.8, 4) is 0 Å². The molecule has 29 heavy (non-hydrogen) atoms. The Morgan fingerprint density at radius 2 is 2.03 bits per heavy atom. The summed E-state index contributed by atoms with van der Waals surface area (Å²) in [6, 6.07) is 8.03. The van der Waals surface area contributed by atoms with E-state index in [9.17, 15) is 0 Å². The Labute approximate surface area is 175 Å². The lowest BCUT2D eigenvalue weighted by Gasteiger charge is -2.26. The van der Waals surface area contributed by atoms with Gasteiger partial charge in [-0.1, -0.05) is 26.5 Å². The lowest BCUT2D eigenvalue weighted by molar-refractivity contribution is 0.340. The second-order valence-corrected chi connectivity index (χ2v) is 7.45. The number of hydrazine groups is 1. The number of benzene rings is 1. The van der Waals surface area contributed by atoms with Crippen LogP contribution < -0.4 is 16.1 Å². The van der Waals surface area contributed by atoms with E-state index in [4.69, 9.17) is 11.3 Å². The van der Waals surface area contributed by atoms with Crippen LogP contribution in [0.2, 0.25) is 0 Å². The van der Waals surface area contributed by atoms with Crippen LogP contribution in [0.15, 0.2) is 65.7 Å². The molecular weight excluding hydrogens is 362 g/mol. The summed E-state index contributed by atoms with van der Waals surface area (Å²) in [7, 11) is 3.99. The van der Waals surface area contributed by atoms with E-state index in [0.717, 1.165) is 23.5 Å². The third kappa shape index (κ3) is 8.23. The molecule has 0 atom stereocenters. The largest absolute Gasteiger partial charge is 0.378 e. The number of aliphatic imine (C=N–C) groups is 1. The second kappa shape index (κ2) is 11.7. The van der Waals surface area contributed by atoms with Gasteiger partial charge in [0.2, 0.25) is 0 Å². The first-order valence-electron chi connectivity index (χ1n) is 9.55. The fourth-order valence-electron chi connectivity index (χ4n) is 2.61. The number of anilines is 2. The zero-order valence-electron chi connectivity index (χ0n) is 18.3. The molecule has 0 amide bonds. The normalized spacial score (nSPS) is 11.5. The Hall–Kier alpha value is -3.06. The number of allylic oxidation sites excluding steroid dienone is 1. The molecule has 1 rings (SSSR count). The molecule has 0 radical (unpaired) electrons. The van der Waals surface area contributed by atoms with E-state index in [0.29, 0.717) is 24.0 Å². The number of rotatable bonds is 11. The molecule has 0 aromatic heterocycles. The van der Waals surface area contributed by atoms with Crippen molar-refractivity contribution in [3.05, 3.63) is 60.7 Å². The smallest absolute Gasteiger partial charge is 0.124 e. The molecule has 0 aliphatic carbocycles. The summed E-state index contributed by atoms with van der Waals surface area (Å²) in [5.41, 5.74) is 3.54. The van der Waals surface area contributed by atoms with Gasteiger partial charge in [-0.25, -0.2) is 5.84 Å². The molecule has 0 unspecified atom stereocenters. The van der Waals surface area contributed by atoms with Crippen molar-refractivity contribution in [2.24, 2.45) is 16.8 Å². The Morgan fingerprint density at radius 3 is 2.62 bits per heavy atom. The Morgan fingerprint density at radius 1 is 1.34 bits per heavy atom. The standard InChI is InChI=1S/C22H35N7/c1-17(2)15-28(24)16-18(3)19(4)29(12-11-25-5)22(23)14-26-20-9-8-10-21(13-20)27(6)7/h8-13,16-17,23,26H,4-5,14-15,24H2,1-3,6-7H3/b12-11-,18-16+,23-22?. The van der Waals surface area contributed by atoms with Gasteiger partial charge in [0.25, 0.3) is 0 Å². The molecule has 7 heteroatoms. The second-order valence-electron chi connectivity index (χ2n) is 7.45. The van der Waals surface area contributed by atoms with E-state index in [-0.39, 0.29) is 0 Å². The van der Waals surface area contributed by atoms with Crippen molar-refractivity contribution in [2.75, 3.05) is 37.4 Å². The van der Waals surface area contributed by atoms with Crippen LogP contribution in [0.5, 0.6) is 0 Å². The number of hydrogen-bond donors (Lipinski definition) is 3. The maximum absolute atomic E-state index is 8.54. The van der Waals surface area contributed by atoms with E-state index in [2.05, 4.69) is 37.5 Å². The first-order chi connectivity index (χ1) is 13.6. The van der Waals surface area contributed by atoms with Gasteiger partial charge in [-0.05, 0) is 43.3 Å². The highest BCUT2D eigenvalue weighted by Gasteiger charge is 2.13. The van der Waals surface area contributed by atoms with Gasteiger partial charge in [-0.2, -0.15) is 0 Å². The number of nitrogens with one attached hydrogen (secondary N) is 2. The summed E-state index contributed by atoms with van der Waals surface area (Å²) in [4.78, 5) is 7.47. The maximum Gasteiger partial charge on any atom is 0.124 e. The molecule has 0 saturated carbocycles. The summed E-state index contributed by atoms with van der Waals surface area (Å²) < 4.78 is 0. The van der Waals surface area contributed by atoms with E-state index in [1.165, 1.54) is 6.20 Å². The quantitative estimate of drug-likeness (QED) is 0.174. The van der Waals surface area contributed by atoms with Gasteiger partial charge in [-0.3, -0.25) is 10.4 Å². The summed E-state index contributed by atoms with van der Waals surface area (Å²) in [6.07, 6.45) is 5.05. The lowest BCUT2D eigenvalue weighted by Crippen LogP contribution is -2.32. The highest BCUT2D eigenvalue weighted by molar-refractivity contribution is 5.86. The zero-order chi connectivity index (χ0) is 22.0. The summed E-state index contributed by atoms with van der Waals surface area (Å²) in [5.74, 6) is 6.81. The molecule has 0 aliphatic heterocycles. The van der Waals surface area contributed by atoms with Crippen molar-refractivity contribution in [2.45, 2.75) is 20.8 Å². The van der Waals surface area contributed by atoms with Crippen LogP contribution in [0.3, 0.4) is 0 Å². The predicted octanol–water partition coefficient (Wildman–Crippen LogP) is 3.86. The highest BCUT2D eigenvalue weighted by atomic mass is 15.4. The Kier molecular flexibility index (Phi) is 9.68. The molecule has 0 saturated heterocycles. The number of amidine groups is 1. The molecule has 0 spiro atoms. The number of nitrogens with zero attached hydrogens (tertiary/aromatic N) is 4. The SMILES string of the molecule is C=N/C=C\N(C(=C)/C(C)=C/N(N)CC(C)C)C(=N)CNc1cccc(N(C)C)c1. The summed E-state index contributed by atoms with van der Waals surface area (Å²) in [5, 5.41) is 13.5. The van der Waals surface area contributed by atoms with E-state index in [1.54, 1.807) is 16.1 Å². The fourth-order valence-corrected chi connectivity index (χ4v) is 2.61. The first-order valence-corrected chi connectivity index (χ1v) is 9.55. The van der Waals surface area contributed by atoms with Crippen LogP contribution in [0.4, 0.5) is 11.4 Å². The molecule has 7 nitrogen and oxygen atoms in total. The fraction of sp³-hybridized carbons (Fsp3) is 0.364. The van der Waals surface area contributed by atoms with Crippen LogP contribution in [0.1, 0.15) is 20.8 Å². The number of hydrogen-bond acceptors (Lipinski definition) is 6. The first kappa shape index (κ1) is 24.0. The van der Waals surface area contributed by atoms with Crippen molar-refractivity contribution >= 4 is 23.9 Å². The zero-order valence-corrected chi connectivity index (χ0v) is 18.3. The molecule has 4 N–H and O–H groups in total. The van der Waals surface area contributed by atoms with Crippen LogP contribution in [-0.2, 0) is 0 Å². The van der Waals surface area contributed by atoms with Gasteiger partial charge in [-0.15, -0.1) is 0 Å². The highest BCUT2D eigenvalue weighted by Crippen LogP contribution is 2.18. The molecule has 158 valence electrons. The predicted molar refractivity (Wildman–Crippen MR) is 126 cm³/mol. The van der Waals surface area contributed by atoms with E-state index < -0.39 is 0 Å². The minimum absolute atomic E-state index is 0.322. The average Bonchev–Trinajstić information content (AvgIpc) is 2.65.